The highest BCUT2D eigenvalue weighted by Gasteiger charge is 2.17. The predicted molar refractivity (Wildman–Crippen MR) is 80.2 cm³/mol. The third kappa shape index (κ3) is 3.72. The summed E-state index contributed by atoms with van der Waals surface area (Å²) < 4.78 is 18.4. The van der Waals surface area contributed by atoms with E-state index in [2.05, 4.69) is 15.0 Å². The third-order valence-electron chi connectivity index (χ3n) is 2.57. The number of oxime groups is 1. The first kappa shape index (κ1) is 16.2. The van der Waals surface area contributed by atoms with Crippen molar-refractivity contribution in [1.29, 1.82) is 0 Å². The second kappa shape index (κ2) is 7.20. The van der Waals surface area contributed by atoms with Crippen LogP contribution < -0.4 is 4.74 Å². The fourth-order valence-corrected chi connectivity index (χ4v) is 1.94. The molecule has 0 radical (unpaired) electrons. The minimum Gasteiger partial charge on any atom is -0.496 e. The van der Waals surface area contributed by atoms with E-state index in [4.69, 9.17) is 27.9 Å². The quantitative estimate of drug-likeness (QED) is 0.367. The van der Waals surface area contributed by atoms with Gasteiger partial charge in [0.25, 0.3) is 0 Å². The largest absolute Gasteiger partial charge is 0.496 e. The highest BCUT2D eigenvalue weighted by Crippen LogP contribution is 2.21. The zero-order valence-corrected chi connectivity index (χ0v) is 12.7. The Morgan fingerprint density at radius 1 is 1.32 bits per heavy atom. The van der Waals surface area contributed by atoms with Gasteiger partial charge >= 0.3 is 5.97 Å². The average Bonchev–Trinajstić information content (AvgIpc) is 2.51. The van der Waals surface area contributed by atoms with Gasteiger partial charge in [-0.05, 0) is 18.2 Å². The molecule has 0 N–H and O–H groups in total. The Morgan fingerprint density at radius 2 is 2.05 bits per heavy atom. The minimum atomic E-state index is -0.959. The number of halogens is 3. The first-order valence-corrected chi connectivity index (χ1v) is 6.67. The Kier molecular flexibility index (Phi) is 5.30. The van der Waals surface area contributed by atoms with Gasteiger partial charge in [0, 0.05) is 5.56 Å². The van der Waals surface area contributed by atoms with Crippen LogP contribution in [0.4, 0.5) is 4.39 Å². The van der Waals surface area contributed by atoms with Crippen molar-refractivity contribution in [3.63, 3.8) is 0 Å². The van der Waals surface area contributed by atoms with Gasteiger partial charge in [-0.25, -0.2) is 14.2 Å². The second-order valence-corrected chi connectivity index (χ2v) is 4.67. The van der Waals surface area contributed by atoms with Crippen molar-refractivity contribution in [3.8, 4) is 5.75 Å². The summed E-state index contributed by atoms with van der Waals surface area (Å²) in [5, 5.41) is 2.82. The number of carbonyl (C=O) groups excluding carboxylic acids is 1. The zero-order valence-electron chi connectivity index (χ0n) is 11.2. The number of methoxy groups -OCH3 is 1. The molecule has 0 unspecified atom stereocenters. The number of hydrogen-bond acceptors (Lipinski definition) is 5. The summed E-state index contributed by atoms with van der Waals surface area (Å²) in [5.41, 5.74) is 0.324. The van der Waals surface area contributed by atoms with Crippen LogP contribution in [0.3, 0.4) is 0 Å². The van der Waals surface area contributed by atoms with E-state index in [0.29, 0.717) is 11.3 Å². The lowest BCUT2D eigenvalue weighted by molar-refractivity contribution is 0.0518. The smallest absolute Gasteiger partial charge is 0.368 e. The Hall–Kier alpha value is -2.18. The fourth-order valence-electron chi connectivity index (χ4n) is 1.54. The number of ether oxygens (including phenoxy) is 1. The van der Waals surface area contributed by atoms with Gasteiger partial charge < -0.3 is 9.57 Å². The molecule has 0 atom stereocenters. The molecule has 2 rings (SSSR count). The van der Waals surface area contributed by atoms with Gasteiger partial charge in [-0.15, -0.1) is 0 Å². The van der Waals surface area contributed by atoms with E-state index in [9.17, 15) is 9.18 Å². The number of pyridine rings is 1. The maximum atomic E-state index is 13.3. The Labute approximate surface area is 135 Å². The lowest BCUT2D eigenvalue weighted by atomic mass is 10.2. The molecule has 5 nitrogen and oxygen atoms in total. The molecule has 114 valence electrons. The number of rotatable bonds is 4. The van der Waals surface area contributed by atoms with Gasteiger partial charge in [-0.1, -0.05) is 40.5 Å². The molecule has 1 aromatic carbocycles. The van der Waals surface area contributed by atoms with E-state index in [1.54, 1.807) is 24.3 Å². The van der Waals surface area contributed by atoms with Crippen LogP contribution in [-0.2, 0) is 4.84 Å². The molecule has 1 aromatic heterocycles. The summed E-state index contributed by atoms with van der Waals surface area (Å²) in [6, 6.07) is 7.81. The van der Waals surface area contributed by atoms with Crippen molar-refractivity contribution >= 4 is 35.4 Å². The molecule has 1 heterocycles. The summed E-state index contributed by atoms with van der Waals surface area (Å²) in [7, 11) is 1.50. The lowest BCUT2D eigenvalue weighted by Gasteiger charge is -2.03. The Balaban J connectivity index is 2.13. The third-order valence-corrected chi connectivity index (χ3v) is 3.13. The Bertz CT molecular complexity index is 738. The molecule has 0 bridgehead atoms. The second-order valence-electron chi connectivity index (χ2n) is 3.95. The molecule has 8 heteroatoms. The van der Waals surface area contributed by atoms with Crippen molar-refractivity contribution < 1.29 is 18.8 Å². The van der Waals surface area contributed by atoms with Gasteiger partial charge in [0.2, 0.25) is 0 Å². The van der Waals surface area contributed by atoms with Crippen LogP contribution >= 0.6 is 23.2 Å². The molecule has 0 spiro atoms. The predicted octanol–water partition coefficient (Wildman–Crippen LogP) is 3.73. The van der Waals surface area contributed by atoms with Crippen molar-refractivity contribution in [2.24, 2.45) is 5.16 Å². The molecule has 2 aromatic rings. The number of benzene rings is 1. The molecule has 0 saturated carbocycles. The Morgan fingerprint density at radius 3 is 2.77 bits per heavy atom. The van der Waals surface area contributed by atoms with Crippen molar-refractivity contribution in [2.45, 2.75) is 0 Å². The standard InChI is InChI=1S/C14H9Cl2FN2O3/c1-21-11-5-3-2-4-8(11)7-18-22-14(20)9-6-10(17)13(16)19-12(9)15/h2-7H,1H3/b18-7-. The summed E-state index contributed by atoms with van der Waals surface area (Å²) in [6.07, 6.45) is 1.28. The summed E-state index contributed by atoms with van der Waals surface area (Å²) >= 11 is 11.1. The number of aromatic nitrogens is 1. The number of carbonyl (C=O) groups is 1. The van der Waals surface area contributed by atoms with Gasteiger partial charge in [0.1, 0.15) is 16.5 Å². The molecule has 22 heavy (non-hydrogen) atoms. The van der Waals surface area contributed by atoms with E-state index >= 15 is 0 Å². The molecule has 0 aliphatic rings. The average molecular weight is 343 g/mol. The topological polar surface area (TPSA) is 60.8 Å². The van der Waals surface area contributed by atoms with Crippen LogP contribution in [0.25, 0.3) is 0 Å². The molecule has 0 aliphatic heterocycles. The molecule has 0 saturated heterocycles. The van der Waals surface area contributed by atoms with E-state index < -0.39 is 16.9 Å². The first-order chi connectivity index (χ1) is 10.5. The first-order valence-electron chi connectivity index (χ1n) is 5.92. The zero-order chi connectivity index (χ0) is 16.1. The summed E-state index contributed by atoms with van der Waals surface area (Å²) in [4.78, 5) is 19.9. The molecular weight excluding hydrogens is 334 g/mol. The van der Waals surface area contributed by atoms with Crippen molar-refractivity contribution in [1.82, 2.24) is 4.98 Å². The lowest BCUT2D eigenvalue weighted by Crippen LogP contribution is -2.05. The van der Waals surface area contributed by atoms with E-state index in [1.165, 1.54) is 13.3 Å². The number of hydrogen-bond donors (Lipinski definition) is 0. The monoisotopic (exact) mass is 342 g/mol. The van der Waals surface area contributed by atoms with Gasteiger partial charge in [-0.3, -0.25) is 0 Å². The van der Waals surface area contributed by atoms with Gasteiger partial charge in [0.05, 0.1) is 13.3 Å². The summed E-state index contributed by atoms with van der Waals surface area (Å²) in [5.74, 6) is -1.29. The van der Waals surface area contributed by atoms with Crippen LogP contribution in [0.1, 0.15) is 15.9 Å². The number of para-hydroxylation sites is 1. The molecule has 0 fully saturated rings. The van der Waals surface area contributed by atoms with Crippen LogP contribution in [-0.4, -0.2) is 24.3 Å². The highest BCUT2D eigenvalue weighted by atomic mass is 35.5. The maximum Gasteiger partial charge on any atom is 0.368 e. The van der Waals surface area contributed by atoms with E-state index in [1.807, 2.05) is 0 Å². The fraction of sp³-hybridized carbons (Fsp3) is 0.0714. The van der Waals surface area contributed by atoms with Crippen LogP contribution in [0, 0.1) is 5.82 Å². The maximum absolute atomic E-state index is 13.3. The number of nitrogens with zero attached hydrogens (tertiary/aromatic N) is 2. The van der Waals surface area contributed by atoms with E-state index in [-0.39, 0.29) is 10.7 Å². The van der Waals surface area contributed by atoms with E-state index in [0.717, 1.165) is 6.07 Å². The van der Waals surface area contributed by atoms with Crippen LogP contribution in [0.15, 0.2) is 35.5 Å². The van der Waals surface area contributed by atoms with Gasteiger partial charge in [-0.2, -0.15) is 0 Å². The van der Waals surface area contributed by atoms with Crippen LogP contribution in [0.5, 0.6) is 5.75 Å². The molecular formula is C14H9Cl2FN2O3. The van der Waals surface area contributed by atoms with Gasteiger partial charge in [0.15, 0.2) is 11.0 Å². The normalized spacial score (nSPS) is 10.7. The summed E-state index contributed by atoms with van der Waals surface area (Å²) in [6.45, 7) is 0. The van der Waals surface area contributed by atoms with Crippen LogP contribution in [0.2, 0.25) is 10.3 Å². The highest BCUT2D eigenvalue weighted by molar-refractivity contribution is 6.34. The minimum absolute atomic E-state index is 0.274. The van der Waals surface area contributed by atoms with Crippen molar-refractivity contribution in [2.75, 3.05) is 7.11 Å². The molecule has 0 amide bonds. The molecule has 0 aliphatic carbocycles. The van der Waals surface area contributed by atoms with Crippen molar-refractivity contribution in [3.05, 3.63) is 57.6 Å². The SMILES string of the molecule is COc1ccccc1/C=N\OC(=O)c1cc(F)c(Cl)nc1Cl.